The standard InChI is InChI=1S/C22H38O5/c23-16-7-3-5-10-19(25)12-8-9-18-14-15-22(27)21(18)13-6-2-1-4-11-20(26)17-24/h8-9,18-19,21,23-25H,1-7,10-17H2/t18-,19?,21+/m0/s1. The van der Waals surface area contributed by atoms with Gasteiger partial charge >= 0.3 is 0 Å². The highest BCUT2D eigenvalue weighted by Crippen LogP contribution is 2.34. The lowest BCUT2D eigenvalue weighted by Gasteiger charge is -2.15. The molecule has 0 spiro atoms. The second kappa shape index (κ2) is 14.9. The molecule has 3 N–H and O–H groups in total. The lowest BCUT2D eigenvalue weighted by Crippen LogP contribution is -2.13. The van der Waals surface area contributed by atoms with Gasteiger partial charge in [-0.25, -0.2) is 0 Å². The first-order valence-corrected chi connectivity index (χ1v) is 10.7. The molecule has 1 fully saturated rings. The summed E-state index contributed by atoms with van der Waals surface area (Å²) in [7, 11) is 0. The van der Waals surface area contributed by atoms with Gasteiger partial charge in [0.2, 0.25) is 0 Å². The Morgan fingerprint density at radius 1 is 1.07 bits per heavy atom. The fraction of sp³-hybridized carbons (Fsp3) is 0.818. The SMILES string of the molecule is O=C(CO)CCCCCC[C@H]1C(=O)CC[C@@H]1C=CCC(O)CCCCCO. The average molecular weight is 383 g/mol. The highest BCUT2D eigenvalue weighted by molar-refractivity contribution is 5.83. The van der Waals surface area contributed by atoms with Crippen LogP contribution in [0.5, 0.6) is 0 Å². The number of carbonyl (C=O) groups is 2. The largest absolute Gasteiger partial charge is 0.396 e. The van der Waals surface area contributed by atoms with E-state index in [1.807, 2.05) is 6.08 Å². The van der Waals surface area contributed by atoms with Crippen molar-refractivity contribution in [2.24, 2.45) is 11.8 Å². The van der Waals surface area contributed by atoms with E-state index in [1.165, 1.54) is 0 Å². The van der Waals surface area contributed by atoms with Gasteiger partial charge in [0.05, 0.1) is 6.10 Å². The van der Waals surface area contributed by atoms with Crippen LogP contribution in [0.1, 0.15) is 83.5 Å². The Morgan fingerprint density at radius 2 is 1.81 bits per heavy atom. The van der Waals surface area contributed by atoms with Crippen LogP contribution in [0.3, 0.4) is 0 Å². The van der Waals surface area contributed by atoms with Crippen molar-refractivity contribution in [3.8, 4) is 0 Å². The van der Waals surface area contributed by atoms with Gasteiger partial charge in [-0.2, -0.15) is 0 Å². The van der Waals surface area contributed by atoms with Crippen molar-refractivity contribution >= 4 is 11.6 Å². The lowest BCUT2D eigenvalue weighted by atomic mass is 9.89. The lowest BCUT2D eigenvalue weighted by molar-refractivity contribution is -0.122. The predicted octanol–water partition coefficient (Wildman–Crippen LogP) is 3.34. The number of rotatable bonds is 16. The number of aliphatic hydroxyl groups excluding tert-OH is 3. The number of aliphatic hydroxyl groups is 3. The molecule has 1 aliphatic carbocycles. The van der Waals surface area contributed by atoms with Crippen LogP contribution in [0.2, 0.25) is 0 Å². The summed E-state index contributed by atoms with van der Waals surface area (Å²) in [6, 6.07) is 0. The molecule has 1 rings (SSSR count). The Balaban J connectivity index is 2.21. The van der Waals surface area contributed by atoms with Gasteiger partial charge in [0, 0.05) is 25.4 Å². The maximum atomic E-state index is 12.2. The molecular formula is C22H38O5. The summed E-state index contributed by atoms with van der Waals surface area (Å²) in [5, 5.41) is 27.4. The molecule has 156 valence electrons. The number of Topliss-reactive ketones (excluding diaryl/α,β-unsaturated/α-hetero) is 2. The van der Waals surface area contributed by atoms with Crippen molar-refractivity contribution < 1.29 is 24.9 Å². The number of ketones is 2. The molecule has 3 atom stereocenters. The molecule has 5 nitrogen and oxygen atoms in total. The Kier molecular flexibility index (Phi) is 13.3. The van der Waals surface area contributed by atoms with Gasteiger partial charge in [-0.1, -0.05) is 44.3 Å². The van der Waals surface area contributed by atoms with Crippen molar-refractivity contribution in [1.82, 2.24) is 0 Å². The van der Waals surface area contributed by atoms with Gasteiger partial charge in [-0.3, -0.25) is 9.59 Å². The minimum absolute atomic E-state index is 0.0956. The fourth-order valence-electron chi connectivity index (χ4n) is 3.86. The molecule has 27 heavy (non-hydrogen) atoms. The van der Waals surface area contributed by atoms with Crippen molar-refractivity contribution in [1.29, 1.82) is 0 Å². The average Bonchev–Trinajstić information content (AvgIpc) is 3.01. The molecule has 1 aliphatic rings. The molecule has 0 aromatic heterocycles. The first-order chi connectivity index (χ1) is 13.1. The number of unbranched alkanes of at least 4 members (excludes halogenated alkanes) is 5. The molecule has 0 aliphatic heterocycles. The monoisotopic (exact) mass is 382 g/mol. The Bertz CT molecular complexity index is 446. The second-order valence-electron chi connectivity index (χ2n) is 7.82. The summed E-state index contributed by atoms with van der Waals surface area (Å²) >= 11 is 0. The maximum Gasteiger partial charge on any atom is 0.158 e. The summed E-state index contributed by atoms with van der Waals surface area (Å²) < 4.78 is 0. The summed E-state index contributed by atoms with van der Waals surface area (Å²) in [5.41, 5.74) is 0. The number of hydrogen-bond acceptors (Lipinski definition) is 5. The molecule has 1 saturated carbocycles. The minimum Gasteiger partial charge on any atom is -0.396 e. The molecule has 1 unspecified atom stereocenters. The Labute approximate surface area is 163 Å². The molecule has 5 heteroatoms. The van der Waals surface area contributed by atoms with Gasteiger partial charge in [-0.05, 0) is 44.4 Å². The third-order valence-electron chi connectivity index (χ3n) is 5.54. The Morgan fingerprint density at radius 3 is 2.56 bits per heavy atom. The van der Waals surface area contributed by atoms with Crippen LogP contribution < -0.4 is 0 Å². The van der Waals surface area contributed by atoms with Gasteiger partial charge in [0.25, 0.3) is 0 Å². The van der Waals surface area contributed by atoms with Gasteiger partial charge in [0.1, 0.15) is 12.4 Å². The van der Waals surface area contributed by atoms with Crippen LogP contribution in [0.25, 0.3) is 0 Å². The van der Waals surface area contributed by atoms with E-state index < -0.39 is 0 Å². The van der Waals surface area contributed by atoms with E-state index in [4.69, 9.17) is 10.2 Å². The van der Waals surface area contributed by atoms with E-state index in [0.717, 1.165) is 64.2 Å². The normalized spacial score (nSPS) is 21.2. The molecule has 0 heterocycles. The van der Waals surface area contributed by atoms with Crippen molar-refractivity contribution in [3.05, 3.63) is 12.2 Å². The topological polar surface area (TPSA) is 94.8 Å². The van der Waals surface area contributed by atoms with Crippen LogP contribution in [-0.4, -0.2) is 46.2 Å². The van der Waals surface area contributed by atoms with Crippen LogP contribution in [0.4, 0.5) is 0 Å². The van der Waals surface area contributed by atoms with E-state index in [9.17, 15) is 14.7 Å². The first-order valence-electron chi connectivity index (χ1n) is 10.7. The zero-order valence-electron chi connectivity index (χ0n) is 16.7. The molecule has 0 aromatic carbocycles. The molecule has 0 radical (unpaired) electrons. The van der Waals surface area contributed by atoms with E-state index >= 15 is 0 Å². The Hall–Kier alpha value is -1.04. The van der Waals surface area contributed by atoms with Crippen LogP contribution >= 0.6 is 0 Å². The summed E-state index contributed by atoms with van der Waals surface area (Å²) in [4.78, 5) is 23.2. The number of carbonyl (C=O) groups excluding carboxylic acids is 2. The van der Waals surface area contributed by atoms with Crippen LogP contribution in [-0.2, 0) is 9.59 Å². The minimum atomic E-state index is -0.359. The third-order valence-corrected chi connectivity index (χ3v) is 5.54. The van der Waals surface area contributed by atoms with E-state index in [-0.39, 0.29) is 31.0 Å². The summed E-state index contributed by atoms with van der Waals surface area (Å²) in [6.45, 7) is -0.143. The van der Waals surface area contributed by atoms with Crippen LogP contribution in [0, 0.1) is 11.8 Å². The van der Waals surface area contributed by atoms with E-state index in [0.29, 0.717) is 31.0 Å². The van der Waals surface area contributed by atoms with Gasteiger partial charge in [0.15, 0.2) is 5.78 Å². The number of allylic oxidation sites excluding steroid dienone is 1. The van der Waals surface area contributed by atoms with Gasteiger partial charge in [-0.15, -0.1) is 0 Å². The molecule has 0 aromatic rings. The molecule has 0 bridgehead atoms. The first kappa shape index (κ1) is 24.0. The highest BCUT2D eigenvalue weighted by Gasteiger charge is 2.32. The quantitative estimate of drug-likeness (QED) is 0.281. The maximum absolute atomic E-state index is 12.2. The summed E-state index contributed by atoms with van der Waals surface area (Å²) in [6.07, 6.45) is 14.6. The van der Waals surface area contributed by atoms with Crippen molar-refractivity contribution in [2.45, 2.75) is 89.6 Å². The smallest absolute Gasteiger partial charge is 0.158 e. The molecule has 0 amide bonds. The van der Waals surface area contributed by atoms with Crippen LogP contribution in [0.15, 0.2) is 12.2 Å². The van der Waals surface area contributed by atoms with Gasteiger partial charge < -0.3 is 15.3 Å². The van der Waals surface area contributed by atoms with Crippen molar-refractivity contribution in [2.75, 3.05) is 13.2 Å². The van der Waals surface area contributed by atoms with E-state index in [1.54, 1.807) is 0 Å². The zero-order chi connectivity index (χ0) is 19.9. The summed E-state index contributed by atoms with van der Waals surface area (Å²) in [5.74, 6) is 0.684. The molecule has 0 saturated heterocycles. The number of hydrogen-bond donors (Lipinski definition) is 3. The fourth-order valence-corrected chi connectivity index (χ4v) is 3.86. The highest BCUT2D eigenvalue weighted by atomic mass is 16.3. The predicted molar refractivity (Wildman–Crippen MR) is 106 cm³/mol. The second-order valence-corrected chi connectivity index (χ2v) is 7.82. The zero-order valence-corrected chi connectivity index (χ0v) is 16.7. The van der Waals surface area contributed by atoms with Crippen molar-refractivity contribution in [3.63, 3.8) is 0 Å². The third kappa shape index (κ3) is 10.8. The molecular weight excluding hydrogens is 344 g/mol. The van der Waals surface area contributed by atoms with E-state index in [2.05, 4.69) is 6.08 Å².